The molecule has 0 aliphatic carbocycles. The molecule has 188 valence electrons. The van der Waals surface area contributed by atoms with Gasteiger partial charge in [-0.15, -0.1) is 5.10 Å². The van der Waals surface area contributed by atoms with Crippen molar-refractivity contribution in [2.45, 2.75) is 56.9 Å². The average Bonchev–Trinajstić information content (AvgIpc) is 3.26. The fourth-order valence-electron chi connectivity index (χ4n) is 3.83. The van der Waals surface area contributed by atoms with E-state index in [4.69, 9.17) is 16.3 Å². The topological polar surface area (TPSA) is 118 Å². The first-order chi connectivity index (χ1) is 16.1. The van der Waals surface area contributed by atoms with E-state index >= 15 is 0 Å². The van der Waals surface area contributed by atoms with E-state index in [9.17, 15) is 18.3 Å². The van der Waals surface area contributed by atoms with Crippen molar-refractivity contribution >= 4 is 27.5 Å². The number of halogens is 1. The van der Waals surface area contributed by atoms with Crippen LogP contribution in [0.5, 0.6) is 0 Å². The van der Waals surface area contributed by atoms with Gasteiger partial charge in [-0.3, -0.25) is 9.48 Å². The molecule has 3 atom stereocenters. The lowest BCUT2D eigenvalue weighted by Crippen LogP contribution is -2.47. The highest BCUT2D eigenvalue weighted by Gasteiger charge is 2.31. The van der Waals surface area contributed by atoms with Crippen molar-refractivity contribution in [3.63, 3.8) is 0 Å². The van der Waals surface area contributed by atoms with Crippen LogP contribution in [0.15, 0.2) is 35.4 Å². The van der Waals surface area contributed by atoms with Crippen LogP contribution in [-0.4, -0.2) is 82.5 Å². The fourth-order valence-corrected chi connectivity index (χ4v) is 5.14. The van der Waals surface area contributed by atoms with Gasteiger partial charge in [-0.1, -0.05) is 23.7 Å². The maximum absolute atomic E-state index is 13.1. The van der Waals surface area contributed by atoms with Gasteiger partial charge in [-0.25, -0.2) is 8.42 Å². The Morgan fingerprint density at radius 3 is 2.71 bits per heavy atom. The number of benzene rings is 1. The van der Waals surface area contributed by atoms with E-state index in [-0.39, 0.29) is 42.5 Å². The first kappa shape index (κ1) is 26.6. The standard InChI is InChI=1S/C22H32ClN5O5S/c1-16-11-28(17(2)14-29)22(30)5-4-10-27-12-19(24-25-27)15-33-21(16)13-26(3)34(31,32)20-8-6-18(23)7-9-20/h6-9,12,16-17,21,29H,4-5,10-11,13-15H2,1-3H3/t16-,17+,21-/m1/s1. The van der Waals surface area contributed by atoms with Gasteiger partial charge in [-0.2, -0.15) is 4.31 Å². The van der Waals surface area contributed by atoms with Crippen molar-refractivity contribution in [1.29, 1.82) is 0 Å². The van der Waals surface area contributed by atoms with E-state index in [2.05, 4.69) is 10.3 Å². The number of aliphatic hydroxyl groups is 1. The number of sulfonamides is 1. The Labute approximate surface area is 205 Å². The molecule has 34 heavy (non-hydrogen) atoms. The van der Waals surface area contributed by atoms with Crippen LogP contribution >= 0.6 is 11.6 Å². The molecule has 0 spiro atoms. The van der Waals surface area contributed by atoms with Crippen molar-refractivity contribution in [2.24, 2.45) is 5.92 Å². The van der Waals surface area contributed by atoms with Gasteiger partial charge in [0.15, 0.2) is 0 Å². The molecule has 10 nitrogen and oxygen atoms in total. The summed E-state index contributed by atoms with van der Waals surface area (Å²) in [7, 11) is -2.28. The maximum atomic E-state index is 13.1. The summed E-state index contributed by atoms with van der Waals surface area (Å²) in [6, 6.07) is 5.62. The van der Waals surface area contributed by atoms with Crippen LogP contribution in [0.3, 0.4) is 0 Å². The number of likely N-dealkylation sites (N-methyl/N-ethyl adjacent to an activating group) is 1. The molecule has 1 N–H and O–H groups in total. The molecule has 1 aliphatic heterocycles. The SMILES string of the molecule is C[C@@H]1CN([C@@H](C)CO)C(=O)CCCn2cc(nn2)CO[C@@H]1CN(C)S(=O)(=O)c1ccc(Cl)cc1. The number of aryl methyl sites for hydroxylation is 1. The molecular weight excluding hydrogens is 482 g/mol. The molecule has 12 heteroatoms. The zero-order valence-electron chi connectivity index (χ0n) is 19.7. The second-order valence-electron chi connectivity index (χ2n) is 8.72. The lowest BCUT2D eigenvalue weighted by atomic mass is 10.0. The van der Waals surface area contributed by atoms with Crippen molar-refractivity contribution in [3.8, 4) is 0 Å². The lowest BCUT2D eigenvalue weighted by molar-refractivity contribution is -0.136. The fraction of sp³-hybridized carbons (Fsp3) is 0.591. The number of amides is 1. The number of aliphatic hydroxyl groups excluding tert-OH is 1. The highest BCUT2D eigenvalue weighted by atomic mass is 35.5. The number of ether oxygens (including phenoxy) is 1. The van der Waals surface area contributed by atoms with E-state index in [0.29, 0.717) is 36.6 Å². The largest absolute Gasteiger partial charge is 0.394 e. The number of rotatable bonds is 6. The summed E-state index contributed by atoms with van der Waals surface area (Å²) in [6.07, 6.45) is 2.13. The summed E-state index contributed by atoms with van der Waals surface area (Å²) in [5.41, 5.74) is 0.631. The summed E-state index contributed by atoms with van der Waals surface area (Å²) in [5.74, 6) is -0.300. The molecule has 1 aromatic heterocycles. The predicted octanol–water partition coefficient (Wildman–Crippen LogP) is 1.78. The van der Waals surface area contributed by atoms with Gasteiger partial charge < -0.3 is 14.7 Å². The molecule has 2 aromatic rings. The minimum atomic E-state index is -3.78. The quantitative estimate of drug-likeness (QED) is 0.625. The third-order valence-electron chi connectivity index (χ3n) is 6.00. The van der Waals surface area contributed by atoms with Gasteiger partial charge in [0.2, 0.25) is 15.9 Å². The highest BCUT2D eigenvalue weighted by molar-refractivity contribution is 7.89. The molecule has 0 unspecified atom stereocenters. The van der Waals surface area contributed by atoms with Crippen LogP contribution in [0.2, 0.25) is 5.02 Å². The minimum absolute atomic E-state index is 0.0653. The Hall–Kier alpha value is -2.05. The number of fused-ring (bicyclic) bond motifs is 2. The molecule has 0 saturated carbocycles. The zero-order chi connectivity index (χ0) is 24.9. The van der Waals surface area contributed by atoms with E-state index in [0.717, 1.165) is 0 Å². The van der Waals surface area contributed by atoms with Gasteiger partial charge in [-0.05, 0) is 37.6 Å². The number of hydrogen-bond donors (Lipinski definition) is 1. The molecule has 0 fully saturated rings. The van der Waals surface area contributed by atoms with Gasteiger partial charge in [0.25, 0.3) is 0 Å². The van der Waals surface area contributed by atoms with Gasteiger partial charge in [0, 0.05) is 44.0 Å². The third-order valence-corrected chi connectivity index (χ3v) is 8.09. The summed E-state index contributed by atoms with van der Waals surface area (Å²) in [5, 5.41) is 18.4. The molecule has 1 aromatic carbocycles. The molecule has 1 aliphatic rings. The van der Waals surface area contributed by atoms with Gasteiger partial charge in [0.05, 0.1) is 36.5 Å². The monoisotopic (exact) mass is 513 g/mol. The van der Waals surface area contributed by atoms with E-state index in [1.54, 1.807) is 22.7 Å². The molecular formula is C22H32ClN5O5S. The van der Waals surface area contributed by atoms with Gasteiger partial charge in [0.1, 0.15) is 5.69 Å². The van der Waals surface area contributed by atoms with Crippen LogP contribution in [-0.2, 0) is 32.7 Å². The molecule has 2 heterocycles. The maximum Gasteiger partial charge on any atom is 0.242 e. The molecule has 2 bridgehead atoms. The molecule has 0 saturated heterocycles. The van der Waals surface area contributed by atoms with Crippen molar-refractivity contribution in [3.05, 3.63) is 41.2 Å². The Morgan fingerprint density at radius 2 is 2.03 bits per heavy atom. The Kier molecular flexibility index (Phi) is 9.05. The Bertz CT molecular complexity index is 1060. The summed E-state index contributed by atoms with van der Waals surface area (Å²) < 4.78 is 35.3. The predicted molar refractivity (Wildman–Crippen MR) is 127 cm³/mol. The second-order valence-corrected chi connectivity index (χ2v) is 11.2. The third kappa shape index (κ3) is 6.54. The summed E-state index contributed by atoms with van der Waals surface area (Å²) in [6.45, 7) is 4.63. The van der Waals surface area contributed by atoms with E-state index in [1.165, 1.54) is 35.6 Å². The number of nitrogens with zero attached hydrogens (tertiary/aromatic N) is 5. The number of hydrogen-bond acceptors (Lipinski definition) is 7. The lowest BCUT2D eigenvalue weighted by Gasteiger charge is -2.35. The van der Waals surface area contributed by atoms with Crippen molar-refractivity contribution in [1.82, 2.24) is 24.2 Å². The zero-order valence-corrected chi connectivity index (χ0v) is 21.2. The minimum Gasteiger partial charge on any atom is -0.394 e. The van der Waals surface area contributed by atoms with Crippen LogP contribution in [0.25, 0.3) is 0 Å². The average molecular weight is 514 g/mol. The molecule has 1 amide bonds. The number of aromatic nitrogens is 3. The van der Waals surface area contributed by atoms with E-state index < -0.39 is 16.1 Å². The van der Waals surface area contributed by atoms with Gasteiger partial charge >= 0.3 is 0 Å². The Morgan fingerprint density at radius 1 is 1.32 bits per heavy atom. The molecule has 0 radical (unpaired) electrons. The van der Waals surface area contributed by atoms with Crippen molar-refractivity contribution < 1.29 is 23.1 Å². The molecule has 3 rings (SSSR count). The smallest absolute Gasteiger partial charge is 0.242 e. The Balaban J connectivity index is 1.85. The van der Waals surface area contributed by atoms with Crippen LogP contribution in [0.4, 0.5) is 0 Å². The second kappa shape index (κ2) is 11.6. The highest BCUT2D eigenvalue weighted by Crippen LogP contribution is 2.21. The first-order valence-corrected chi connectivity index (χ1v) is 13.1. The van der Waals surface area contributed by atoms with Crippen LogP contribution in [0.1, 0.15) is 32.4 Å². The summed E-state index contributed by atoms with van der Waals surface area (Å²) >= 11 is 5.91. The number of carbonyl (C=O) groups excluding carboxylic acids is 1. The van der Waals surface area contributed by atoms with E-state index in [1.807, 2.05) is 6.92 Å². The normalized spacial score (nSPS) is 21.6. The summed E-state index contributed by atoms with van der Waals surface area (Å²) in [4.78, 5) is 14.7. The number of carbonyl (C=O) groups is 1. The van der Waals surface area contributed by atoms with Crippen LogP contribution in [0, 0.1) is 5.92 Å². The first-order valence-electron chi connectivity index (χ1n) is 11.2. The van der Waals surface area contributed by atoms with Crippen LogP contribution < -0.4 is 0 Å². The van der Waals surface area contributed by atoms with Crippen molar-refractivity contribution in [2.75, 3.05) is 26.7 Å².